The lowest BCUT2D eigenvalue weighted by Gasteiger charge is -2.35. The summed E-state index contributed by atoms with van der Waals surface area (Å²) in [6, 6.07) is -0.257. The molecule has 0 aromatic heterocycles. The molecule has 0 aliphatic carbocycles. The Morgan fingerprint density at radius 3 is 1.95 bits per heavy atom. The molecule has 2 saturated heterocycles. The monoisotopic (exact) mass is 291 g/mol. The van der Waals surface area contributed by atoms with Crippen LogP contribution in [0.5, 0.6) is 0 Å². The van der Waals surface area contributed by atoms with Crippen molar-refractivity contribution >= 4 is 12.1 Å². The molecule has 20 heavy (non-hydrogen) atoms. The number of likely N-dealkylation sites (tertiary alicyclic amines) is 1. The van der Waals surface area contributed by atoms with Crippen molar-refractivity contribution in [3.63, 3.8) is 0 Å². The fourth-order valence-electron chi connectivity index (χ4n) is 2.53. The van der Waals surface area contributed by atoms with Gasteiger partial charge in [-0.1, -0.05) is 0 Å². The fourth-order valence-corrected chi connectivity index (χ4v) is 2.53. The van der Waals surface area contributed by atoms with E-state index in [0.29, 0.717) is 26.1 Å². The Labute approximate surface area is 115 Å². The number of carbonyl (C=O) groups is 2. The van der Waals surface area contributed by atoms with Crippen molar-refractivity contribution in [3.05, 3.63) is 0 Å². The lowest BCUT2D eigenvalue weighted by molar-refractivity contribution is -0.0491. The zero-order valence-electron chi connectivity index (χ0n) is 11.2. The maximum Gasteiger partial charge on any atom is 0.407 e. The van der Waals surface area contributed by atoms with Gasteiger partial charge in [0.25, 0.3) is 5.92 Å². The number of alkyl halides is 2. The summed E-state index contributed by atoms with van der Waals surface area (Å²) in [5.74, 6) is -2.67. The van der Waals surface area contributed by atoms with Crippen LogP contribution in [0.3, 0.4) is 0 Å². The van der Waals surface area contributed by atoms with Crippen LogP contribution < -0.4 is 0 Å². The number of amides is 3. The molecular weight excluding hydrogens is 272 g/mol. The fraction of sp³-hybridized carbons (Fsp3) is 0.833. The van der Waals surface area contributed by atoms with Gasteiger partial charge >= 0.3 is 12.1 Å². The molecule has 0 atom stereocenters. The first-order valence-corrected chi connectivity index (χ1v) is 6.79. The van der Waals surface area contributed by atoms with E-state index in [4.69, 9.17) is 5.11 Å². The van der Waals surface area contributed by atoms with E-state index in [1.54, 1.807) is 4.90 Å². The molecule has 2 fully saturated rings. The summed E-state index contributed by atoms with van der Waals surface area (Å²) in [7, 11) is 0. The normalized spacial score (nSPS) is 23.4. The van der Waals surface area contributed by atoms with Crippen LogP contribution in [-0.2, 0) is 0 Å². The first-order valence-electron chi connectivity index (χ1n) is 6.79. The van der Waals surface area contributed by atoms with Crippen molar-refractivity contribution in [2.75, 3.05) is 39.3 Å². The number of piperidine rings is 1. The van der Waals surface area contributed by atoms with Crippen LogP contribution in [-0.4, -0.2) is 77.1 Å². The van der Waals surface area contributed by atoms with Crippen molar-refractivity contribution in [1.29, 1.82) is 0 Å². The van der Waals surface area contributed by atoms with Gasteiger partial charge in [-0.15, -0.1) is 0 Å². The first kappa shape index (κ1) is 14.8. The van der Waals surface area contributed by atoms with E-state index in [9.17, 15) is 18.4 Å². The molecule has 2 aliphatic heterocycles. The van der Waals surface area contributed by atoms with Gasteiger partial charge < -0.3 is 19.8 Å². The molecule has 6 nitrogen and oxygen atoms in total. The van der Waals surface area contributed by atoms with Gasteiger partial charge in [-0.05, 0) is 6.42 Å². The van der Waals surface area contributed by atoms with Gasteiger partial charge in [0.2, 0.25) is 0 Å². The topological polar surface area (TPSA) is 64.1 Å². The van der Waals surface area contributed by atoms with Gasteiger partial charge in [0.15, 0.2) is 0 Å². The summed E-state index contributed by atoms with van der Waals surface area (Å²) in [6.07, 6.45) is -1.01. The Morgan fingerprint density at radius 2 is 1.35 bits per heavy atom. The number of hydrogen-bond donors (Lipinski definition) is 1. The molecule has 8 heteroatoms. The van der Waals surface area contributed by atoms with E-state index in [-0.39, 0.29) is 38.5 Å². The number of nitrogens with zero attached hydrogens (tertiary/aromatic N) is 3. The quantitative estimate of drug-likeness (QED) is 0.736. The van der Waals surface area contributed by atoms with Crippen LogP contribution >= 0.6 is 0 Å². The van der Waals surface area contributed by atoms with Gasteiger partial charge in [-0.25, -0.2) is 18.4 Å². The number of urea groups is 1. The molecule has 0 aromatic rings. The SMILES string of the molecule is O=C(O)N1CCCN(C(=O)N2CCC(F)(F)CC2)CC1. The second-order valence-electron chi connectivity index (χ2n) is 5.24. The molecular formula is C12H19F2N3O3. The van der Waals surface area contributed by atoms with E-state index in [0.717, 1.165) is 0 Å². The van der Waals surface area contributed by atoms with Gasteiger partial charge in [-0.2, -0.15) is 0 Å². The van der Waals surface area contributed by atoms with Crippen LogP contribution in [0, 0.1) is 0 Å². The predicted octanol–water partition coefficient (Wildman–Crippen LogP) is 1.52. The minimum absolute atomic E-state index is 0.0605. The maximum atomic E-state index is 13.1. The number of carboxylic acid groups (broad SMARTS) is 1. The van der Waals surface area contributed by atoms with Crippen molar-refractivity contribution in [2.45, 2.75) is 25.2 Å². The Kier molecular flexibility index (Phi) is 4.29. The second-order valence-corrected chi connectivity index (χ2v) is 5.24. The highest BCUT2D eigenvalue weighted by atomic mass is 19.3. The van der Waals surface area contributed by atoms with Crippen molar-refractivity contribution in [3.8, 4) is 0 Å². The standard InChI is InChI=1S/C12H19F2N3O3/c13-12(14)2-6-16(7-3-12)10(18)15-4-1-5-17(9-8-15)11(19)20/h1-9H2,(H,19,20). The molecule has 1 N–H and O–H groups in total. The molecule has 2 rings (SSSR count). The van der Waals surface area contributed by atoms with E-state index in [1.807, 2.05) is 0 Å². The molecule has 2 aliphatic rings. The minimum Gasteiger partial charge on any atom is -0.465 e. The van der Waals surface area contributed by atoms with Crippen molar-refractivity contribution < 1.29 is 23.5 Å². The van der Waals surface area contributed by atoms with Gasteiger partial charge in [0.1, 0.15) is 0 Å². The molecule has 0 aromatic carbocycles. The van der Waals surface area contributed by atoms with E-state index < -0.39 is 12.0 Å². The number of carbonyl (C=O) groups excluding carboxylic acids is 1. The lowest BCUT2D eigenvalue weighted by Crippen LogP contribution is -2.49. The van der Waals surface area contributed by atoms with Crippen LogP contribution in [0.2, 0.25) is 0 Å². The van der Waals surface area contributed by atoms with Crippen LogP contribution in [0.1, 0.15) is 19.3 Å². The van der Waals surface area contributed by atoms with Crippen LogP contribution in [0.25, 0.3) is 0 Å². The predicted molar refractivity (Wildman–Crippen MR) is 66.9 cm³/mol. The van der Waals surface area contributed by atoms with Gasteiger partial charge in [0, 0.05) is 52.1 Å². The maximum absolute atomic E-state index is 13.1. The van der Waals surface area contributed by atoms with E-state index in [1.165, 1.54) is 9.80 Å². The number of hydrogen-bond acceptors (Lipinski definition) is 2. The summed E-state index contributed by atoms with van der Waals surface area (Å²) in [6.45, 7) is 1.58. The molecule has 0 bridgehead atoms. The van der Waals surface area contributed by atoms with Gasteiger partial charge in [-0.3, -0.25) is 0 Å². The summed E-state index contributed by atoms with van der Waals surface area (Å²) in [4.78, 5) is 27.4. The third kappa shape index (κ3) is 3.49. The minimum atomic E-state index is -2.67. The summed E-state index contributed by atoms with van der Waals surface area (Å²) >= 11 is 0. The number of rotatable bonds is 0. The largest absolute Gasteiger partial charge is 0.465 e. The van der Waals surface area contributed by atoms with Crippen molar-refractivity contribution in [2.24, 2.45) is 0 Å². The molecule has 0 radical (unpaired) electrons. The van der Waals surface area contributed by atoms with Crippen LogP contribution in [0.4, 0.5) is 18.4 Å². The Bertz CT molecular complexity index is 382. The van der Waals surface area contributed by atoms with Crippen LogP contribution in [0.15, 0.2) is 0 Å². The van der Waals surface area contributed by atoms with E-state index >= 15 is 0 Å². The Balaban J connectivity index is 1.88. The molecule has 0 unspecified atom stereocenters. The average Bonchev–Trinajstić information content (AvgIpc) is 2.63. The molecule has 0 saturated carbocycles. The molecule has 2 heterocycles. The zero-order chi connectivity index (χ0) is 14.8. The highest BCUT2D eigenvalue weighted by Crippen LogP contribution is 2.28. The summed E-state index contributed by atoms with van der Waals surface area (Å²) < 4.78 is 26.1. The third-order valence-corrected chi connectivity index (χ3v) is 3.80. The Morgan fingerprint density at radius 1 is 0.850 bits per heavy atom. The Hall–Kier alpha value is -1.60. The first-order chi connectivity index (χ1) is 9.39. The molecule has 0 spiro atoms. The smallest absolute Gasteiger partial charge is 0.407 e. The third-order valence-electron chi connectivity index (χ3n) is 3.80. The zero-order valence-corrected chi connectivity index (χ0v) is 11.2. The highest BCUT2D eigenvalue weighted by molar-refractivity contribution is 5.75. The average molecular weight is 291 g/mol. The second kappa shape index (κ2) is 5.80. The van der Waals surface area contributed by atoms with Gasteiger partial charge in [0.05, 0.1) is 0 Å². The number of halogens is 2. The van der Waals surface area contributed by atoms with E-state index in [2.05, 4.69) is 0 Å². The lowest BCUT2D eigenvalue weighted by atomic mass is 10.1. The summed E-state index contributed by atoms with van der Waals surface area (Å²) in [5.41, 5.74) is 0. The molecule has 114 valence electrons. The highest BCUT2D eigenvalue weighted by Gasteiger charge is 2.37. The van der Waals surface area contributed by atoms with Crippen molar-refractivity contribution in [1.82, 2.24) is 14.7 Å². The molecule has 3 amide bonds. The summed E-state index contributed by atoms with van der Waals surface area (Å²) in [5, 5.41) is 8.92.